The van der Waals surface area contributed by atoms with Crippen molar-refractivity contribution in [1.29, 1.82) is 0 Å². The molecule has 1 unspecified atom stereocenters. The minimum absolute atomic E-state index is 0.336. The molecule has 0 N–H and O–H groups in total. The first kappa shape index (κ1) is 25.2. The third kappa shape index (κ3) is 5.85. The smallest absolute Gasteiger partial charge is 0.243 e. The van der Waals surface area contributed by atoms with Gasteiger partial charge in [0, 0.05) is 38.6 Å². The lowest BCUT2D eigenvalue weighted by Crippen LogP contribution is -2.39. The quantitative estimate of drug-likeness (QED) is 0.272. The Labute approximate surface area is 207 Å². The van der Waals surface area contributed by atoms with E-state index in [1.807, 2.05) is 13.0 Å². The van der Waals surface area contributed by atoms with Crippen molar-refractivity contribution in [2.24, 2.45) is 5.92 Å². The molecule has 34 heavy (non-hydrogen) atoms. The van der Waals surface area contributed by atoms with Crippen LogP contribution in [0.15, 0.2) is 52.5 Å². The monoisotopic (exact) mass is 501 g/mol. The fourth-order valence-electron chi connectivity index (χ4n) is 4.39. The Morgan fingerprint density at radius 3 is 2.71 bits per heavy atom. The summed E-state index contributed by atoms with van der Waals surface area (Å²) in [6, 6.07) is 14.0. The average Bonchev–Trinajstić information content (AvgIpc) is 3.18. The number of sulfonamides is 1. The number of hydrogen-bond acceptors (Lipinski definition) is 5. The SMILES string of the molecule is CCOCCCn1c(SCc2ccc(C)cc2)nc2cc(S(=O)(=O)N3CCCC(C)C3)ccc21. The topological polar surface area (TPSA) is 64.4 Å². The summed E-state index contributed by atoms with van der Waals surface area (Å²) in [4.78, 5) is 5.22. The van der Waals surface area contributed by atoms with Crippen molar-refractivity contribution in [2.45, 2.75) is 62.4 Å². The number of imidazole rings is 1. The highest BCUT2D eigenvalue weighted by atomic mass is 32.2. The highest BCUT2D eigenvalue weighted by Gasteiger charge is 2.29. The molecule has 0 amide bonds. The molecule has 0 radical (unpaired) electrons. The summed E-state index contributed by atoms with van der Waals surface area (Å²) >= 11 is 1.69. The van der Waals surface area contributed by atoms with Gasteiger partial charge in [0.25, 0.3) is 0 Å². The number of ether oxygens (including phenoxy) is 1. The standard InChI is InChI=1S/C26H35N3O3S2/c1-4-32-16-6-15-29-25-13-12-23(34(30,31)28-14-5-7-21(3)18-28)17-24(25)27-26(29)33-19-22-10-8-20(2)9-11-22/h8-13,17,21H,4-7,14-16,18-19H2,1-3H3. The summed E-state index contributed by atoms with van der Waals surface area (Å²) in [7, 11) is -3.52. The van der Waals surface area contributed by atoms with Crippen LogP contribution < -0.4 is 0 Å². The lowest BCUT2D eigenvalue weighted by atomic mass is 10.0. The van der Waals surface area contributed by atoms with Crippen LogP contribution in [0.5, 0.6) is 0 Å². The van der Waals surface area contributed by atoms with E-state index in [1.165, 1.54) is 11.1 Å². The fraction of sp³-hybridized carbons (Fsp3) is 0.500. The van der Waals surface area contributed by atoms with E-state index in [9.17, 15) is 8.42 Å². The number of nitrogens with zero attached hydrogens (tertiary/aromatic N) is 3. The third-order valence-electron chi connectivity index (χ3n) is 6.31. The molecule has 4 rings (SSSR count). The molecule has 2 aromatic carbocycles. The van der Waals surface area contributed by atoms with Crippen LogP contribution in [-0.2, 0) is 27.1 Å². The average molecular weight is 502 g/mol. The van der Waals surface area contributed by atoms with Gasteiger partial charge in [0.1, 0.15) is 0 Å². The van der Waals surface area contributed by atoms with E-state index < -0.39 is 10.0 Å². The zero-order chi connectivity index (χ0) is 24.1. The highest BCUT2D eigenvalue weighted by Crippen LogP contribution is 2.30. The van der Waals surface area contributed by atoms with E-state index in [-0.39, 0.29) is 0 Å². The van der Waals surface area contributed by atoms with Gasteiger partial charge in [-0.1, -0.05) is 48.5 Å². The van der Waals surface area contributed by atoms with Gasteiger partial charge in [-0.2, -0.15) is 4.31 Å². The van der Waals surface area contributed by atoms with Gasteiger partial charge in [0.2, 0.25) is 10.0 Å². The zero-order valence-electron chi connectivity index (χ0n) is 20.4. The second-order valence-corrected chi connectivity index (χ2v) is 12.0. The molecular formula is C26H35N3O3S2. The number of aryl methyl sites for hydroxylation is 2. The number of thioether (sulfide) groups is 1. The van der Waals surface area contributed by atoms with E-state index in [4.69, 9.17) is 9.72 Å². The Morgan fingerprint density at radius 2 is 1.97 bits per heavy atom. The lowest BCUT2D eigenvalue weighted by molar-refractivity contribution is 0.141. The van der Waals surface area contributed by atoms with Crippen LogP contribution in [0.1, 0.15) is 44.2 Å². The molecule has 2 heterocycles. The number of benzene rings is 2. The first-order valence-corrected chi connectivity index (χ1v) is 14.6. The predicted molar refractivity (Wildman–Crippen MR) is 139 cm³/mol. The van der Waals surface area contributed by atoms with E-state index >= 15 is 0 Å². The van der Waals surface area contributed by atoms with E-state index in [0.29, 0.717) is 37.1 Å². The maximum atomic E-state index is 13.3. The molecule has 0 spiro atoms. The third-order valence-corrected chi connectivity index (χ3v) is 9.21. The summed E-state index contributed by atoms with van der Waals surface area (Å²) in [5.41, 5.74) is 4.18. The molecule has 184 valence electrons. The highest BCUT2D eigenvalue weighted by molar-refractivity contribution is 7.98. The van der Waals surface area contributed by atoms with Crippen LogP contribution in [0.25, 0.3) is 11.0 Å². The number of hydrogen-bond donors (Lipinski definition) is 0. The van der Waals surface area contributed by atoms with Crippen molar-refractivity contribution >= 4 is 32.8 Å². The zero-order valence-corrected chi connectivity index (χ0v) is 22.0. The first-order valence-electron chi connectivity index (χ1n) is 12.1. The minimum Gasteiger partial charge on any atom is -0.382 e. The number of rotatable bonds is 10. The number of fused-ring (bicyclic) bond motifs is 1. The fourth-order valence-corrected chi connectivity index (χ4v) is 7.00. The van der Waals surface area contributed by atoms with Crippen LogP contribution in [0.2, 0.25) is 0 Å². The van der Waals surface area contributed by atoms with Crippen molar-refractivity contribution in [3.8, 4) is 0 Å². The van der Waals surface area contributed by atoms with Crippen LogP contribution >= 0.6 is 11.8 Å². The molecule has 0 aliphatic carbocycles. The molecule has 8 heteroatoms. The van der Waals surface area contributed by atoms with E-state index in [0.717, 1.165) is 47.7 Å². The Hall–Kier alpha value is -1.87. The van der Waals surface area contributed by atoms with Crippen molar-refractivity contribution in [2.75, 3.05) is 26.3 Å². The van der Waals surface area contributed by atoms with Gasteiger partial charge in [-0.3, -0.25) is 0 Å². The Balaban J connectivity index is 1.62. The Kier molecular flexibility index (Phi) is 8.34. The van der Waals surface area contributed by atoms with E-state index in [1.54, 1.807) is 28.2 Å². The molecule has 6 nitrogen and oxygen atoms in total. The van der Waals surface area contributed by atoms with Crippen molar-refractivity contribution < 1.29 is 13.2 Å². The van der Waals surface area contributed by atoms with Gasteiger partial charge in [0.05, 0.1) is 15.9 Å². The molecule has 3 aromatic rings. The molecule has 1 saturated heterocycles. The summed E-state index contributed by atoms with van der Waals surface area (Å²) in [6.45, 7) is 9.56. The molecule has 1 atom stereocenters. The largest absolute Gasteiger partial charge is 0.382 e. The molecule has 1 aliphatic heterocycles. The maximum Gasteiger partial charge on any atom is 0.243 e. The van der Waals surface area contributed by atoms with Gasteiger partial charge in [-0.25, -0.2) is 13.4 Å². The Bertz CT molecular complexity index is 1210. The van der Waals surface area contributed by atoms with E-state index in [2.05, 4.69) is 42.7 Å². The van der Waals surface area contributed by atoms with Crippen molar-refractivity contribution in [3.05, 3.63) is 53.6 Å². The van der Waals surface area contributed by atoms with Gasteiger partial charge in [0.15, 0.2) is 5.16 Å². The summed E-state index contributed by atoms with van der Waals surface area (Å²) < 4.78 is 36.0. The van der Waals surface area contributed by atoms with Gasteiger partial charge in [-0.05, 0) is 62.8 Å². The van der Waals surface area contributed by atoms with Crippen molar-refractivity contribution in [3.63, 3.8) is 0 Å². The number of piperidine rings is 1. The van der Waals surface area contributed by atoms with Gasteiger partial charge in [-0.15, -0.1) is 0 Å². The normalized spacial score (nSPS) is 17.4. The second kappa shape index (κ2) is 11.2. The summed E-state index contributed by atoms with van der Waals surface area (Å²) in [5.74, 6) is 1.20. The van der Waals surface area contributed by atoms with Gasteiger partial charge < -0.3 is 9.30 Å². The molecule has 1 aromatic heterocycles. The minimum atomic E-state index is -3.52. The molecule has 1 aliphatic rings. The number of aromatic nitrogens is 2. The lowest BCUT2D eigenvalue weighted by Gasteiger charge is -2.30. The van der Waals surface area contributed by atoms with Crippen LogP contribution in [0.3, 0.4) is 0 Å². The van der Waals surface area contributed by atoms with Crippen LogP contribution in [0.4, 0.5) is 0 Å². The summed E-state index contributed by atoms with van der Waals surface area (Å²) in [5, 5.41) is 0.910. The maximum absolute atomic E-state index is 13.3. The Morgan fingerprint density at radius 1 is 1.18 bits per heavy atom. The second-order valence-electron chi connectivity index (χ2n) is 9.13. The van der Waals surface area contributed by atoms with Crippen LogP contribution in [-0.4, -0.2) is 48.6 Å². The van der Waals surface area contributed by atoms with Crippen LogP contribution in [0, 0.1) is 12.8 Å². The molecule has 1 fully saturated rings. The van der Waals surface area contributed by atoms with Crippen molar-refractivity contribution in [1.82, 2.24) is 13.9 Å². The first-order chi connectivity index (χ1) is 16.4. The molecule has 0 bridgehead atoms. The molecule has 0 saturated carbocycles. The predicted octanol–water partition coefficient (Wildman–Crippen LogP) is 5.48. The summed E-state index contributed by atoms with van der Waals surface area (Å²) in [6.07, 6.45) is 2.87. The molecular weight excluding hydrogens is 466 g/mol. The van der Waals surface area contributed by atoms with Gasteiger partial charge >= 0.3 is 0 Å².